The van der Waals surface area contributed by atoms with Crippen molar-refractivity contribution < 1.29 is 0 Å². The minimum atomic E-state index is -0.0521. The van der Waals surface area contributed by atoms with Crippen LogP contribution in [0.15, 0.2) is 47.3 Å². The third kappa shape index (κ3) is 2.15. The highest BCUT2D eigenvalue weighted by Crippen LogP contribution is 2.12. The molecule has 2 rings (SSSR count). The largest absolute Gasteiger partial charge is 0.322 e. The summed E-state index contributed by atoms with van der Waals surface area (Å²) < 4.78 is 0. The van der Waals surface area contributed by atoms with E-state index >= 15 is 0 Å². The van der Waals surface area contributed by atoms with Crippen LogP contribution in [0.25, 0.3) is 10.9 Å². The zero-order valence-corrected chi connectivity index (χ0v) is 8.66. The maximum Gasteiger partial charge on any atom is 0.248 e. The maximum absolute atomic E-state index is 11.1. The number of fused-ring (bicyclic) bond motifs is 1. The Morgan fingerprint density at radius 1 is 1.27 bits per heavy atom. The Hall–Kier alpha value is -1.83. The third-order valence-electron chi connectivity index (χ3n) is 2.38. The second-order valence-corrected chi connectivity index (χ2v) is 3.52. The van der Waals surface area contributed by atoms with Crippen molar-refractivity contribution in [2.75, 3.05) is 0 Å². The summed E-state index contributed by atoms with van der Waals surface area (Å²) in [6.07, 6.45) is 5.09. The molecule has 0 unspecified atom stereocenters. The van der Waals surface area contributed by atoms with E-state index in [2.05, 4.69) is 17.1 Å². The summed E-state index contributed by atoms with van der Waals surface area (Å²) in [5.74, 6) is 0. The Balaban J connectivity index is 2.47. The quantitative estimate of drug-likeness (QED) is 0.741. The SMILES string of the molecule is CC=CCc1ccc2[nH]c(=O)ccc2c1. The summed E-state index contributed by atoms with van der Waals surface area (Å²) in [5.41, 5.74) is 2.10. The zero-order valence-electron chi connectivity index (χ0n) is 8.66. The second kappa shape index (κ2) is 4.13. The van der Waals surface area contributed by atoms with Crippen LogP contribution in [0.1, 0.15) is 12.5 Å². The number of benzene rings is 1. The van der Waals surface area contributed by atoms with E-state index < -0.39 is 0 Å². The lowest BCUT2D eigenvalue weighted by atomic mass is 10.1. The molecule has 2 nitrogen and oxygen atoms in total. The summed E-state index contributed by atoms with van der Waals surface area (Å²) in [4.78, 5) is 13.9. The number of rotatable bonds is 2. The molecule has 0 spiro atoms. The number of hydrogen-bond donors (Lipinski definition) is 1. The van der Waals surface area contributed by atoms with Crippen molar-refractivity contribution in [2.24, 2.45) is 0 Å². The van der Waals surface area contributed by atoms with Gasteiger partial charge in [0.25, 0.3) is 0 Å². The van der Waals surface area contributed by atoms with Crippen molar-refractivity contribution in [3.05, 3.63) is 58.4 Å². The van der Waals surface area contributed by atoms with Gasteiger partial charge in [-0.05, 0) is 42.5 Å². The summed E-state index contributed by atoms with van der Waals surface area (Å²) in [6, 6.07) is 9.51. The van der Waals surface area contributed by atoms with E-state index in [0.717, 1.165) is 17.3 Å². The van der Waals surface area contributed by atoms with Crippen molar-refractivity contribution in [2.45, 2.75) is 13.3 Å². The summed E-state index contributed by atoms with van der Waals surface area (Å²) >= 11 is 0. The number of aromatic amines is 1. The Bertz CT molecular complexity index is 552. The fraction of sp³-hybridized carbons (Fsp3) is 0.154. The molecule has 2 heteroatoms. The average Bonchev–Trinajstić information content (AvgIpc) is 2.26. The van der Waals surface area contributed by atoms with E-state index in [0.29, 0.717) is 0 Å². The predicted molar refractivity (Wildman–Crippen MR) is 63.1 cm³/mol. The predicted octanol–water partition coefficient (Wildman–Crippen LogP) is 2.65. The van der Waals surface area contributed by atoms with E-state index in [-0.39, 0.29) is 5.56 Å². The standard InChI is InChI=1S/C13H13NO/c1-2-3-4-10-5-7-12-11(9-10)6-8-13(15)14-12/h2-3,5-9H,4H2,1H3,(H,14,15). The lowest BCUT2D eigenvalue weighted by molar-refractivity contribution is 1.25. The third-order valence-corrected chi connectivity index (χ3v) is 2.38. The Labute approximate surface area is 88.3 Å². The van der Waals surface area contributed by atoms with Gasteiger partial charge in [-0.25, -0.2) is 0 Å². The molecule has 0 saturated heterocycles. The highest BCUT2D eigenvalue weighted by molar-refractivity contribution is 5.78. The smallest absolute Gasteiger partial charge is 0.248 e. The number of allylic oxidation sites excluding steroid dienone is 2. The van der Waals surface area contributed by atoms with E-state index in [9.17, 15) is 4.79 Å². The molecule has 0 radical (unpaired) electrons. The van der Waals surface area contributed by atoms with Crippen LogP contribution in [0, 0.1) is 0 Å². The van der Waals surface area contributed by atoms with Crippen LogP contribution in [0.3, 0.4) is 0 Å². The van der Waals surface area contributed by atoms with Gasteiger partial charge in [-0.15, -0.1) is 0 Å². The highest BCUT2D eigenvalue weighted by Gasteiger charge is 1.95. The molecule has 1 aromatic carbocycles. The van der Waals surface area contributed by atoms with Crippen molar-refractivity contribution in [3.8, 4) is 0 Å². The summed E-state index contributed by atoms with van der Waals surface area (Å²) in [7, 11) is 0. The average molecular weight is 199 g/mol. The van der Waals surface area contributed by atoms with Gasteiger partial charge in [0, 0.05) is 11.6 Å². The Morgan fingerprint density at radius 3 is 2.93 bits per heavy atom. The second-order valence-electron chi connectivity index (χ2n) is 3.52. The van der Waals surface area contributed by atoms with Crippen LogP contribution in [0.2, 0.25) is 0 Å². The van der Waals surface area contributed by atoms with E-state index in [4.69, 9.17) is 0 Å². The van der Waals surface area contributed by atoms with Crippen molar-refractivity contribution in [1.29, 1.82) is 0 Å². The van der Waals surface area contributed by atoms with Crippen molar-refractivity contribution in [3.63, 3.8) is 0 Å². The van der Waals surface area contributed by atoms with Crippen molar-refractivity contribution >= 4 is 10.9 Å². The fourth-order valence-corrected chi connectivity index (χ4v) is 1.58. The van der Waals surface area contributed by atoms with Crippen molar-refractivity contribution in [1.82, 2.24) is 4.98 Å². The van der Waals surface area contributed by atoms with Gasteiger partial charge in [0.2, 0.25) is 5.56 Å². The molecule has 0 saturated carbocycles. The molecule has 0 aliphatic heterocycles. The number of nitrogens with one attached hydrogen (secondary N) is 1. The molecule has 0 bridgehead atoms. The molecular formula is C13H13NO. The van der Waals surface area contributed by atoms with Gasteiger partial charge >= 0.3 is 0 Å². The molecule has 76 valence electrons. The highest BCUT2D eigenvalue weighted by atomic mass is 16.1. The molecule has 0 amide bonds. The normalized spacial score (nSPS) is 11.3. The van der Waals surface area contributed by atoms with Crippen LogP contribution in [0.5, 0.6) is 0 Å². The van der Waals surface area contributed by atoms with E-state index in [1.54, 1.807) is 6.07 Å². The number of hydrogen-bond acceptors (Lipinski definition) is 1. The summed E-state index contributed by atoms with van der Waals surface area (Å²) in [6.45, 7) is 2.01. The fourth-order valence-electron chi connectivity index (χ4n) is 1.58. The minimum absolute atomic E-state index is 0.0521. The zero-order chi connectivity index (χ0) is 10.7. The molecule has 1 aromatic heterocycles. The first-order chi connectivity index (χ1) is 7.29. The van der Waals surface area contributed by atoms with Gasteiger partial charge in [-0.1, -0.05) is 18.2 Å². The monoisotopic (exact) mass is 199 g/mol. The van der Waals surface area contributed by atoms with E-state index in [1.807, 2.05) is 31.2 Å². The first-order valence-corrected chi connectivity index (χ1v) is 5.03. The molecular weight excluding hydrogens is 186 g/mol. The van der Waals surface area contributed by atoms with Gasteiger partial charge in [0.05, 0.1) is 0 Å². The Kier molecular flexibility index (Phi) is 2.68. The van der Waals surface area contributed by atoms with Crippen LogP contribution in [-0.2, 0) is 6.42 Å². The maximum atomic E-state index is 11.1. The molecule has 0 fully saturated rings. The minimum Gasteiger partial charge on any atom is -0.322 e. The van der Waals surface area contributed by atoms with Crippen LogP contribution in [0.4, 0.5) is 0 Å². The molecule has 0 aliphatic rings. The summed E-state index contributed by atoms with van der Waals surface area (Å²) in [5, 5.41) is 1.08. The van der Waals surface area contributed by atoms with E-state index in [1.165, 1.54) is 5.56 Å². The number of aromatic nitrogens is 1. The lowest BCUT2D eigenvalue weighted by Crippen LogP contribution is -2.02. The van der Waals surface area contributed by atoms with Gasteiger partial charge in [-0.2, -0.15) is 0 Å². The molecule has 15 heavy (non-hydrogen) atoms. The Morgan fingerprint density at radius 2 is 2.13 bits per heavy atom. The van der Waals surface area contributed by atoms with Crippen LogP contribution in [-0.4, -0.2) is 4.98 Å². The van der Waals surface area contributed by atoms with Crippen LogP contribution >= 0.6 is 0 Å². The van der Waals surface area contributed by atoms with Gasteiger partial charge in [0.15, 0.2) is 0 Å². The molecule has 1 N–H and O–H groups in total. The first kappa shape index (κ1) is 9.71. The number of H-pyrrole nitrogens is 1. The molecule has 1 heterocycles. The topological polar surface area (TPSA) is 32.9 Å². The molecule has 0 aliphatic carbocycles. The lowest BCUT2D eigenvalue weighted by Gasteiger charge is -2.00. The first-order valence-electron chi connectivity index (χ1n) is 5.03. The molecule has 0 atom stereocenters. The van der Waals surface area contributed by atoms with Gasteiger partial charge in [-0.3, -0.25) is 4.79 Å². The van der Waals surface area contributed by atoms with Gasteiger partial charge < -0.3 is 4.98 Å². The number of pyridine rings is 1. The van der Waals surface area contributed by atoms with Gasteiger partial charge in [0.1, 0.15) is 0 Å². The molecule has 2 aromatic rings. The van der Waals surface area contributed by atoms with Crippen LogP contribution < -0.4 is 5.56 Å².